The molecule has 1 aliphatic carbocycles. The van der Waals surface area contributed by atoms with Gasteiger partial charge in [-0.25, -0.2) is 0 Å². The van der Waals surface area contributed by atoms with Crippen LogP contribution in [0, 0.1) is 0 Å². The molecule has 2 N–H and O–H groups in total. The molecular formula is C12H21NO3S. The second-order valence-corrected chi connectivity index (χ2v) is 6.30. The molecule has 1 heterocycles. The zero-order valence-corrected chi connectivity index (χ0v) is 11.1. The van der Waals surface area contributed by atoms with Gasteiger partial charge in [-0.05, 0) is 32.1 Å². The number of carbonyl (C=O) groups is 1. The minimum absolute atomic E-state index is 0.172. The normalized spacial score (nSPS) is 28.5. The first-order valence-electron chi connectivity index (χ1n) is 6.24. The maximum Gasteiger partial charge on any atom is 0.323 e. The fraction of sp³-hybridized carbons (Fsp3) is 0.917. The van der Waals surface area contributed by atoms with Crippen LogP contribution < -0.4 is 5.73 Å². The lowest BCUT2D eigenvalue weighted by Crippen LogP contribution is -2.46. The van der Waals surface area contributed by atoms with E-state index in [4.69, 9.17) is 10.5 Å². The Morgan fingerprint density at radius 3 is 3.00 bits per heavy atom. The van der Waals surface area contributed by atoms with E-state index in [9.17, 15) is 4.79 Å². The second-order valence-electron chi connectivity index (χ2n) is 4.96. The highest BCUT2D eigenvalue weighted by Gasteiger charge is 2.42. The van der Waals surface area contributed by atoms with Crippen LogP contribution in [0.15, 0.2) is 0 Å². The number of nitrogens with two attached hydrogens (primary N) is 1. The van der Waals surface area contributed by atoms with Gasteiger partial charge in [-0.15, -0.1) is 0 Å². The van der Waals surface area contributed by atoms with Crippen molar-refractivity contribution in [3.8, 4) is 0 Å². The second kappa shape index (κ2) is 5.59. The van der Waals surface area contributed by atoms with Crippen molar-refractivity contribution in [1.82, 2.24) is 0 Å². The summed E-state index contributed by atoms with van der Waals surface area (Å²) in [5, 5.41) is 0.583. The Kier molecular flexibility index (Phi) is 4.33. The highest BCUT2D eigenvalue weighted by Crippen LogP contribution is 2.45. The summed E-state index contributed by atoms with van der Waals surface area (Å²) in [6.45, 7) is 0.852. The van der Waals surface area contributed by atoms with Crippen LogP contribution in [0.1, 0.15) is 32.1 Å². The Morgan fingerprint density at radius 1 is 1.65 bits per heavy atom. The third-order valence-corrected chi connectivity index (χ3v) is 5.15. The van der Waals surface area contributed by atoms with E-state index in [0.29, 0.717) is 11.0 Å². The Morgan fingerprint density at radius 2 is 2.41 bits per heavy atom. The van der Waals surface area contributed by atoms with Gasteiger partial charge in [0.15, 0.2) is 0 Å². The van der Waals surface area contributed by atoms with Crippen LogP contribution in [0.25, 0.3) is 0 Å². The number of rotatable bonds is 4. The Balaban J connectivity index is 1.73. The lowest BCUT2D eigenvalue weighted by Gasteiger charge is -2.47. The van der Waals surface area contributed by atoms with Crippen molar-refractivity contribution in [3.63, 3.8) is 0 Å². The van der Waals surface area contributed by atoms with Gasteiger partial charge in [0.25, 0.3) is 0 Å². The molecule has 1 saturated carbocycles. The predicted octanol–water partition coefficient (Wildman–Crippen LogP) is 1.32. The Hall–Kier alpha value is -0.260. The van der Waals surface area contributed by atoms with E-state index in [0.717, 1.165) is 19.4 Å². The topological polar surface area (TPSA) is 61.5 Å². The van der Waals surface area contributed by atoms with Crippen LogP contribution >= 0.6 is 11.8 Å². The van der Waals surface area contributed by atoms with Crippen LogP contribution in [-0.2, 0) is 14.3 Å². The fourth-order valence-corrected chi connectivity index (χ4v) is 3.80. The highest BCUT2D eigenvalue weighted by molar-refractivity contribution is 8.00. The summed E-state index contributed by atoms with van der Waals surface area (Å²) < 4.78 is 10.5. The quantitative estimate of drug-likeness (QED) is 0.772. The summed E-state index contributed by atoms with van der Waals surface area (Å²) in [7, 11) is 1.38. The number of hydrogen-bond acceptors (Lipinski definition) is 5. The number of thioether (sulfide) groups is 1. The molecule has 0 radical (unpaired) electrons. The predicted molar refractivity (Wildman–Crippen MR) is 68.0 cm³/mol. The molecule has 2 aliphatic rings. The molecular weight excluding hydrogens is 238 g/mol. The fourth-order valence-electron chi connectivity index (χ4n) is 2.50. The third-order valence-electron chi connectivity index (χ3n) is 3.73. The SMILES string of the molecule is COC(=O)C(N)CSC1CCOC2(CCC2)C1. The van der Waals surface area contributed by atoms with Gasteiger partial charge in [-0.1, -0.05) is 0 Å². The average Bonchev–Trinajstić information content (AvgIpc) is 2.33. The van der Waals surface area contributed by atoms with Crippen molar-refractivity contribution in [3.05, 3.63) is 0 Å². The first kappa shape index (κ1) is 13.2. The zero-order chi connectivity index (χ0) is 12.3. The lowest BCUT2D eigenvalue weighted by molar-refractivity contribution is -0.141. The van der Waals surface area contributed by atoms with E-state index >= 15 is 0 Å². The Labute approximate surface area is 107 Å². The van der Waals surface area contributed by atoms with E-state index in [1.807, 2.05) is 0 Å². The van der Waals surface area contributed by atoms with Gasteiger partial charge in [0, 0.05) is 17.6 Å². The maximum absolute atomic E-state index is 11.2. The van der Waals surface area contributed by atoms with E-state index < -0.39 is 6.04 Å². The highest BCUT2D eigenvalue weighted by atomic mass is 32.2. The van der Waals surface area contributed by atoms with Crippen LogP contribution in [0.5, 0.6) is 0 Å². The van der Waals surface area contributed by atoms with E-state index in [1.54, 1.807) is 11.8 Å². The molecule has 0 aromatic rings. The molecule has 17 heavy (non-hydrogen) atoms. The van der Waals surface area contributed by atoms with Gasteiger partial charge in [0.2, 0.25) is 0 Å². The van der Waals surface area contributed by atoms with Gasteiger partial charge < -0.3 is 15.2 Å². The molecule has 98 valence electrons. The summed E-state index contributed by atoms with van der Waals surface area (Å²) in [5.74, 6) is 0.330. The molecule has 0 aromatic carbocycles. The number of esters is 1. The van der Waals surface area contributed by atoms with E-state index in [1.165, 1.54) is 26.4 Å². The van der Waals surface area contributed by atoms with E-state index in [2.05, 4.69) is 4.74 Å². The first-order chi connectivity index (χ1) is 8.15. The third kappa shape index (κ3) is 3.14. The van der Waals surface area contributed by atoms with Crippen LogP contribution in [0.4, 0.5) is 0 Å². The van der Waals surface area contributed by atoms with Crippen LogP contribution in [0.3, 0.4) is 0 Å². The van der Waals surface area contributed by atoms with Crippen LogP contribution in [-0.4, -0.2) is 42.3 Å². The molecule has 2 rings (SSSR count). The monoisotopic (exact) mass is 259 g/mol. The molecule has 2 fully saturated rings. The molecule has 5 heteroatoms. The molecule has 0 bridgehead atoms. The lowest BCUT2D eigenvalue weighted by atomic mass is 9.75. The standard InChI is InChI=1S/C12H21NO3S/c1-15-11(14)10(13)8-17-9-3-6-16-12(7-9)4-2-5-12/h9-10H,2-8,13H2,1H3. The molecule has 1 aliphatic heterocycles. The largest absolute Gasteiger partial charge is 0.468 e. The molecule has 0 amide bonds. The molecule has 1 spiro atoms. The van der Waals surface area contributed by atoms with Crippen molar-refractivity contribution < 1.29 is 14.3 Å². The molecule has 4 nitrogen and oxygen atoms in total. The van der Waals surface area contributed by atoms with Crippen molar-refractivity contribution in [2.75, 3.05) is 19.5 Å². The molecule has 2 unspecified atom stereocenters. The molecule has 1 saturated heterocycles. The van der Waals surface area contributed by atoms with Gasteiger partial charge >= 0.3 is 5.97 Å². The summed E-state index contributed by atoms with van der Waals surface area (Å²) in [5.41, 5.74) is 5.90. The maximum atomic E-state index is 11.2. The van der Waals surface area contributed by atoms with Crippen molar-refractivity contribution in [2.24, 2.45) is 5.73 Å². The van der Waals surface area contributed by atoms with E-state index in [-0.39, 0.29) is 11.6 Å². The number of carbonyl (C=O) groups excluding carboxylic acids is 1. The van der Waals surface area contributed by atoms with Crippen molar-refractivity contribution in [2.45, 2.75) is 49.0 Å². The van der Waals surface area contributed by atoms with Gasteiger partial charge in [0.1, 0.15) is 6.04 Å². The number of hydrogen-bond donors (Lipinski definition) is 1. The zero-order valence-electron chi connectivity index (χ0n) is 10.3. The summed E-state index contributed by atoms with van der Waals surface area (Å²) in [6, 6.07) is -0.495. The number of ether oxygens (including phenoxy) is 2. The minimum Gasteiger partial charge on any atom is -0.468 e. The summed E-state index contributed by atoms with van der Waals surface area (Å²) >= 11 is 1.79. The van der Waals surface area contributed by atoms with Gasteiger partial charge in [0.05, 0.1) is 12.7 Å². The number of methoxy groups -OCH3 is 1. The molecule has 0 aromatic heterocycles. The average molecular weight is 259 g/mol. The van der Waals surface area contributed by atoms with Gasteiger partial charge in [-0.2, -0.15) is 11.8 Å². The molecule has 2 atom stereocenters. The first-order valence-corrected chi connectivity index (χ1v) is 7.29. The van der Waals surface area contributed by atoms with Gasteiger partial charge in [-0.3, -0.25) is 4.79 Å². The smallest absolute Gasteiger partial charge is 0.323 e. The Bertz CT molecular complexity index is 281. The summed E-state index contributed by atoms with van der Waals surface area (Å²) in [4.78, 5) is 11.2. The van der Waals surface area contributed by atoms with Crippen molar-refractivity contribution in [1.29, 1.82) is 0 Å². The van der Waals surface area contributed by atoms with Crippen LogP contribution in [0.2, 0.25) is 0 Å². The summed E-state index contributed by atoms with van der Waals surface area (Å²) in [6.07, 6.45) is 5.88. The van der Waals surface area contributed by atoms with Crippen molar-refractivity contribution >= 4 is 17.7 Å². The minimum atomic E-state index is -0.495.